The van der Waals surface area contributed by atoms with Crippen LogP contribution in [-0.2, 0) is 6.54 Å². The van der Waals surface area contributed by atoms with E-state index >= 15 is 0 Å². The van der Waals surface area contributed by atoms with Crippen LogP contribution in [0.5, 0.6) is 5.75 Å². The zero-order chi connectivity index (χ0) is 16.9. The van der Waals surface area contributed by atoms with Crippen molar-refractivity contribution >= 4 is 22.6 Å². The summed E-state index contributed by atoms with van der Waals surface area (Å²) in [5.41, 5.74) is 1.91. The molecule has 0 amide bonds. The Morgan fingerprint density at radius 1 is 1.17 bits per heavy atom. The molecular weight excluding hydrogens is 324 g/mol. The van der Waals surface area contributed by atoms with E-state index in [0.29, 0.717) is 30.4 Å². The molecule has 5 heteroatoms. The lowest BCUT2D eigenvalue weighted by molar-refractivity contribution is 0.151. The van der Waals surface area contributed by atoms with Gasteiger partial charge < -0.3 is 14.4 Å². The minimum Gasteiger partial charge on any atom is -0.492 e. The van der Waals surface area contributed by atoms with Gasteiger partial charge in [-0.1, -0.05) is 37.1 Å². The summed E-state index contributed by atoms with van der Waals surface area (Å²) in [5.74, 6) is 1.48. The summed E-state index contributed by atoms with van der Waals surface area (Å²) in [6.07, 6.45) is 1.05. The fourth-order valence-electron chi connectivity index (χ4n) is 2.77. The number of aliphatic hydroxyl groups is 1. The minimum atomic E-state index is -0.557. The second-order valence-electron chi connectivity index (χ2n) is 5.72. The maximum absolute atomic E-state index is 10.4. The lowest BCUT2D eigenvalue weighted by atomic mass is 10.2. The average Bonchev–Trinajstić information content (AvgIpc) is 2.96. The molecule has 24 heavy (non-hydrogen) atoms. The molecule has 1 aromatic heterocycles. The number of nitrogens with zero attached hydrogens (tertiary/aromatic N) is 2. The summed E-state index contributed by atoms with van der Waals surface area (Å²) in [5, 5.41) is 11.1. The van der Waals surface area contributed by atoms with Crippen LogP contribution in [0.3, 0.4) is 0 Å². The molecule has 0 radical (unpaired) electrons. The van der Waals surface area contributed by atoms with Gasteiger partial charge in [0.05, 0.1) is 17.6 Å². The number of para-hydroxylation sites is 2. The van der Waals surface area contributed by atoms with Gasteiger partial charge >= 0.3 is 0 Å². The molecule has 0 unspecified atom stereocenters. The zero-order valence-corrected chi connectivity index (χ0v) is 14.4. The predicted octanol–water partition coefficient (Wildman–Crippen LogP) is 4.60. The monoisotopic (exact) mass is 344 g/mol. The van der Waals surface area contributed by atoms with Gasteiger partial charge in [0.25, 0.3) is 0 Å². The van der Waals surface area contributed by atoms with Crippen LogP contribution >= 0.6 is 11.6 Å². The van der Waals surface area contributed by atoms with Gasteiger partial charge in [0.1, 0.15) is 24.3 Å². The molecule has 1 heterocycles. The maximum Gasteiger partial charge on any atom is 0.138 e. The molecule has 0 aliphatic rings. The van der Waals surface area contributed by atoms with Crippen LogP contribution in [0.2, 0.25) is 5.02 Å². The van der Waals surface area contributed by atoms with Gasteiger partial charge in [-0.25, -0.2) is 4.98 Å². The van der Waals surface area contributed by atoms with Crippen LogP contribution in [-0.4, -0.2) is 21.3 Å². The highest BCUT2D eigenvalue weighted by atomic mass is 35.5. The molecule has 0 aliphatic heterocycles. The van der Waals surface area contributed by atoms with Crippen LogP contribution in [0.25, 0.3) is 11.0 Å². The van der Waals surface area contributed by atoms with E-state index in [9.17, 15) is 5.11 Å². The summed E-state index contributed by atoms with van der Waals surface area (Å²) in [6, 6.07) is 15.2. The van der Waals surface area contributed by atoms with Crippen molar-refractivity contribution in [2.75, 3.05) is 6.61 Å². The fourth-order valence-corrected chi connectivity index (χ4v) is 2.90. The molecule has 1 N–H and O–H groups in total. The van der Waals surface area contributed by atoms with Crippen LogP contribution in [0.1, 0.15) is 31.7 Å². The molecule has 126 valence electrons. The molecule has 3 rings (SSSR count). The van der Waals surface area contributed by atoms with Crippen molar-refractivity contribution in [2.24, 2.45) is 0 Å². The Kier molecular flexibility index (Phi) is 5.38. The van der Waals surface area contributed by atoms with Gasteiger partial charge in [0, 0.05) is 5.02 Å². The number of ether oxygens (including phenoxy) is 1. The largest absolute Gasteiger partial charge is 0.492 e. The van der Waals surface area contributed by atoms with Crippen LogP contribution in [0.15, 0.2) is 48.5 Å². The Labute approximate surface area is 146 Å². The summed E-state index contributed by atoms with van der Waals surface area (Å²) < 4.78 is 7.84. The van der Waals surface area contributed by atoms with Crippen molar-refractivity contribution in [1.29, 1.82) is 0 Å². The second-order valence-corrected chi connectivity index (χ2v) is 6.15. The fraction of sp³-hybridized carbons (Fsp3) is 0.316. The van der Waals surface area contributed by atoms with Gasteiger partial charge in [-0.15, -0.1) is 0 Å². The first kappa shape index (κ1) is 16.8. The van der Waals surface area contributed by atoms with Crippen molar-refractivity contribution in [2.45, 2.75) is 32.4 Å². The van der Waals surface area contributed by atoms with Crippen molar-refractivity contribution in [1.82, 2.24) is 9.55 Å². The van der Waals surface area contributed by atoms with E-state index in [1.807, 2.05) is 41.0 Å². The molecule has 4 nitrogen and oxygen atoms in total. The van der Waals surface area contributed by atoms with Gasteiger partial charge in [0.2, 0.25) is 0 Å². The molecule has 0 bridgehead atoms. The maximum atomic E-state index is 10.4. The third-order valence-electron chi connectivity index (χ3n) is 3.94. The molecule has 0 saturated carbocycles. The number of rotatable bonds is 7. The van der Waals surface area contributed by atoms with Crippen molar-refractivity contribution in [3.63, 3.8) is 0 Å². The van der Waals surface area contributed by atoms with E-state index in [1.54, 1.807) is 12.1 Å². The van der Waals surface area contributed by atoms with Crippen LogP contribution in [0, 0.1) is 0 Å². The topological polar surface area (TPSA) is 47.3 Å². The standard InChI is InChI=1S/C19H21ClN2O2/c1-2-5-18(23)19-21-16-6-3-4-7-17(16)22(19)12-13-24-15-10-8-14(20)9-11-15/h3-4,6-11,18,23H,2,5,12-13H2,1H3/t18-/m0/s1. The first-order valence-corrected chi connectivity index (χ1v) is 8.58. The highest BCUT2D eigenvalue weighted by Crippen LogP contribution is 2.24. The third-order valence-corrected chi connectivity index (χ3v) is 4.19. The Hall–Kier alpha value is -2.04. The Bertz CT molecular complexity index is 799. The molecule has 0 fully saturated rings. The first-order chi connectivity index (χ1) is 11.7. The summed E-state index contributed by atoms with van der Waals surface area (Å²) in [4.78, 5) is 4.61. The van der Waals surface area contributed by atoms with Gasteiger partial charge in [-0.2, -0.15) is 0 Å². The van der Waals surface area contributed by atoms with E-state index < -0.39 is 6.10 Å². The van der Waals surface area contributed by atoms with Gasteiger partial charge in [0.15, 0.2) is 0 Å². The van der Waals surface area contributed by atoms with Gasteiger partial charge in [-0.3, -0.25) is 0 Å². The first-order valence-electron chi connectivity index (χ1n) is 8.20. The summed E-state index contributed by atoms with van der Waals surface area (Å²) >= 11 is 5.88. The Morgan fingerprint density at radius 2 is 1.92 bits per heavy atom. The minimum absolute atomic E-state index is 0.494. The zero-order valence-electron chi connectivity index (χ0n) is 13.7. The Morgan fingerprint density at radius 3 is 2.67 bits per heavy atom. The molecule has 1 atom stereocenters. The SMILES string of the molecule is CCC[C@H](O)c1nc2ccccc2n1CCOc1ccc(Cl)cc1. The molecular formula is C19H21ClN2O2. The molecule has 0 saturated heterocycles. The molecule has 3 aromatic rings. The number of imidazole rings is 1. The number of fused-ring (bicyclic) bond motifs is 1. The van der Waals surface area contributed by atoms with Crippen molar-refractivity contribution in [3.05, 3.63) is 59.4 Å². The van der Waals surface area contributed by atoms with E-state index in [1.165, 1.54) is 0 Å². The lowest BCUT2D eigenvalue weighted by Gasteiger charge is -2.14. The second kappa shape index (κ2) is 7.69. The quantitative estimate of drug-likeness (QED) is 0.681. The average molecular weight is 345 g/mol. The molecule has 2 aromatic carbocycles. The van der Waals surface area contributed by atoms with Crippen molar-refractivity contribution < 1.29 is 9.84 Å². The van der Waals surface area contributed by atoms with Crippen LogP contribution in [0.4, 0.5) is 0 Å². The van der Waals surface area contributed by atoms with E-state index in [4.69, 9.17) is 16.3 Å². The molecule has 0 spiro atoms. The van der Waals surface area contributed by atoms with Crippen LogP contribution < -0.4 is 4.74 Å². The van der Waals surface area contributed by atoms with Gasteiger partial charge in [-0.05, 0) is 42.8 Å². The highest BCUT2D eigenvalue weighted by molar-refractivity contribution is 6.30. The highest BCUT2D eigenvalue weighted by Gasteiger charge is 2.17. The number of benzene rings is 2. The smallest absolute Gasteiger partial charge is 0.138 e. The number of hydrogen-bond acceptors (Lipinski definition) is 3. The van der Waals surface area contributed by atoms with Crippen molar-refractivity contribution in [3.8, 4) is 5.75 Å². The van der Waals surface area contributed by atoms with E-state index in [0.717, 1.165) is 23.2 Å². The summed E-state index contributed by atoms with van der Waals surface area (Å²) in [6.45, 7) is 3.17. The number of aliphatic hydroxyl groups excluding tert-OH is 1. The Balaban J connectivity index is 1.79. The number of hydrogen-bond donors (Lipinski definition) is 1. The normalized spacial score (nSPS) is 12.5. The van der Waals surface area contributed by atoms with E-state index in [2.05, 4.69) is 11.9 Å². The lowest BCUT2D eigenvalue weighted by Crippen LogP contribution is -2.14. The summed E-state index contributed by atoms with van der Waals surface area (Å²) in [7, 11) is 0. The van der Waals surface area contributed by atoms with E-state index in [-0.39, 0.29) is 0 Å². The predicted molar refractivity (Wildman–Crippen MR) is 96.5 cm³/mol. The molecule has 0 aliphatic carbocycles. The number of aromatic nitrogens is 2. The third kappa shape index (κ3) is 3.71. The number of halogens is 1.